The molecule has 3 heterocycles. The number of aryl methyl sites for hydroxylation is 2. The van der Waals surface area contributed by atoms with Crippen molar-refractivity contribution < 1.29 is 19.0 Å². The molecule has 2 aromatic heterocycles. The number of fused-ring (bicyclic) bond motifs is 1. The molecular formula is C27H39FN6O3. The van der Waals surface area contributed by atoms with Crippen LogP contribution in [0.1, 0.15) is 61.3 Å². The number of aliphatic carboxylic acids is 1. The van der Waals surface area contributed by atoms with E-state index in [0.717, 1.165) is 68.6 Å². The maximum absolute atomic E-state index is 14.4. The molecule has 1 fully saturated rings. The van der Waals surface area contributed by atoms with Crippen LogP contribution in [0.3, 0.4) is 0 Å². The topological polar surface area (TPSA) is 113 Å². The first kappa shape index (κ1) is 27.2. The van der Waals surface area contributed by atoms with Crippen molar-refractivity contribution in [2.75, 3.05) is 50.5 Å². The number of nitrogens with zero attached hydrogens (tertiary/aromatic N) is 4. The second kappa shape index (κ2) is 13.6. The maximum atomic E-state index is 14.4. The summed E-state index contributed by atoms with van der Waals surface area (Å²) in [6.45, 7) is 2.30. The Balaban J connectivity index is 1.27. The van der Waals surface area contributed by atoms with Crippen LogP contribution in [-0.2, 0) is 22.4 Å². The molecule has 0 unspecified atom stereocenters. The summed E-state index contributed by atoms with van der Waals surface area (Å²) in [5, 5.41) is 16.1. The number of methoxy groups -OCH3 is 1. The van der Waals surface area contributed by atoms with Crippen LogP contribution in [0.25, 0.3) is 0 Å². The molecule has 1 aliphatic carbocycles. The Kier molecular flexibility index (Phi) is 10.0. The highest BCUT2D eigenvalue weighted by Crippen LogP contribution is 2.39. The molecule has 9 nitrogen and oxygen atoms in total. The van der Waals surface area contributed by atoms with Gasteiger partial charge < -0.3 is 25.4 Å². The molecule has 0 saturated heterocycles. The van der Waals surface area contributed by atoms with Crippen LogP contribution >= 0.6 is 0 Å². The number of anilines is 2. The Bertz CT molecular complexity index is 1000. The largest absolute Gasteiger partial charge is 0.480 e. The van der Waals surface area contributed by atoms with E-state index in [1.165, 1.54) is 12.7 Å². The maximum Gasteiger partial charge on any atom is 0.326 e. The fourth-order valence-corrected chi connectivity index (χ4v) is 4.72. The van der Waals surface area contributed by atoms with Crippen molar-refractivity contribution in [1.29, 1.82) is 0 Å². The lowest BCUT2D eigenvalue weighted by molar-refractivity contribution is -0.138. The minimum atomic E-state index is -1.13. The van der Waals surface area contributed by atoms with Crippen molar-refractivity contribution >= 4 is 17.7 Å². The van der Waals surface area contributed by atoms with Gasteiger partial charge >= 0.3 is 5.97 Å². The number of pyridine rings is 1. The average Bonchev–Trinajstić information content (AvgIpc) is 3.74. The van der Waals surface area contributed by atoms with E-state index < -0.39 is 18.2 Å². The lowest BCUT2D eigenvalue weighted by Crippen LogP contribution is -2.39. The van der Waals surface area contributed by atoms with Gasteiger partial charge in [-0.3, -0.25) is 0 Å². The van der Waals surface area contributed by atoms with Crippen molar-refractivity contribution in [2.45, 2.75) is 69.5 Å². The van der Waals surface area contributed by atoms with Gasteiger partial charge in [-0.1, -0.05) is 6.07 Å². The lowest BCUT2D eigenvalue weighted by atomic mass is 10.1. The molecule has 0 amide bonds. The number of nitrogens with one attached hydrogen (secondary N) is 2. The van der Waals surface area contributed by atoms with Gasteiger partial charge in [-0.15, -0.1) is 0 Å². The van der Waals surface area contributed by atoms with Crippen LogP contribution < -0.4 is 10.6 Å². The third-order valence-corrected chi connectivity index (χ3v) is 6.97. The predicted octanol–water partition coefficient (Wildman–Crippen LogP) is 3.67. The number of carboxylic acids is 1. The molecule has 0 aromatic carbocycles. The Labute approximate surface area is 218 Å². The average molecular weight is 515 g/mol. The van der Waals surface area contributed by atoms with Gasteiger partial charge in [0.1, 0.15) is 18.0 Å². The molecule has 4 rings (SSSR count). The molecule has 1 saturated carbocycles. The number of hydrogen-bond acceptors (Lipinski definition) is 8. The van der Waals surface area contributed by atoms with Crippen molar-refractivity contribution in [3.05, 3.63) is 41.3 Å². The van der Waals surface area contributed by atoms with Gasteiger partial charge in [0.15, 0.2) is 0 Å². The third kappa shape index (κ3) is 8.60. The fourth-order valence-electron chi connectivity index (χ4n) is 4.72. The highest BCUT2D eigenvalue weighted by atomic mass is 19.1. The Morgan fingerprint density at radius 2 is 2.08 bits per heavy atom. The molecular weight excluding hydrogens is 475 g/mol. The van der Waals surface area contributed by atoms with E-state index >= 15 is 0 Å². The van der Waals surface area contributed by atoms with Gasteiger partial charge in [0.2, 0.25) is 5.95 Å². The van der Waals surface area contributed by atoms with E-state index in [0.29, 0.717) is 31.4 Å². The van der Waals surface area contributed by atoms with E-state index in [9.17, 15) is 14.3 Å². The second-order valence-corrected chi connectivity index (χ2v) is 10.1. The SMILES string of the molecule is COC[C@@H](F)CN(CCCCc1ccc2c(n1)NCCC2)CC[C@H](Nc1ncc(C2CC2)cn1)C(=O)O. The van der Waals surface area contributed by atoms with Crippen LogP contribution in [0, 0.1) is 0 Å². The van der Waals surface area contributed by atoms with E-state index in [2.05, 4.69) is 32.7 Å². The Morgan fingerprint density at radius 3 is 2.81 bits per heavy atom. The Hall–Kier alpha value is -2.85. The van der Waals surface area contributed by atoms with Gasteiger partial charge in [0.05, 0.1) is 6.61 Å². The van der Waals surface area contributed by atoms with E-state index in [4.69, 9.17) is 9.72 Å². The standard InChI is InChI=1S/C27H39FN6O3/c1-37-18-22(28)17-34(13-3-2-6-23-10-9-20-5-4-12-29-25(20)32-23)14-11-24(26(35)36)33-27-30-15-21(16-31-27)19-7-8-19/h9-10,15-16,19,22,24H,2-8,11-14,17-18H2,1H3,(H,29,32)(H,35,36)(H,30,31,33)/t22-,24-/m0/s1. The molecule has 10 heteroatoms. The third-order valence-electron chi connectivity index (χ3n) is 6.97. The number of halogens is 1. The van der Waals surface area contributed by atoms with E-state index in [-0.39, 0.29) is 13.2 Å². The molecule has 37 heavy (non-hydrogen) atoms. The summed E-state index contributed by atoms with van der Waals surface area (Å²) >= 11 is 0. The number of alkyl halides is 1. The van der Waals surface area contributed by atoms with Gasteiger partial charge in [-0.25, -0.2) is 24.1 Å². The number of carbonyl (C=O) groups is 1. The van der Waals surface area contributed by atoms with Crippen molar-refractivity contribution in [3.8, 4) is 0 Å². The number of hydrogen-bond donors (Lipinski definition) is 3. The smallest absolute Gasteiger partial charge is 0.326 e. The molecule has 3 N–H and O–H groups in total. The first-order valence-electron chi connectivity index (χ1n) is 13.4. The Morgan fingerprint density at radius 1 is 1.27 bits per heavy atom. The normalized spacial score (nSPS) is 16.6. The minimum Gasteiger partial charge on any atom is -0.480 e. The van der Waals surface area contributed by atoms with Crippen LogP contribution in [0.15, 0.2) is 24.5 Å². The predicted molar refractivity (Wildman–Crippen MR) is 141 cm³/mol. The number of rotatable bonds is 16. The zero-order chi connectivity index (χ0) is 26.0. The van der Waals surface area contributed by atoms with Crippen LogP contribution in [-0.4, -0.2) is 83.0 Å². The van der Waals surface area contributed by atoms with Crippen LogP contribution in [0.2, 0.25) is 0 Å². The van der Waals surface area contributed by atoms with Gasteiger partial charge in [0.25, 0.3) is 0 Å². The molecule has 1 aliphatic heterocycles. The molecule has 0 spiro atoms. The van der Waals surface area contributed by atoms with Crippen molar-refractivity contribution in [2.24, 2.45) is 0 Å². The fraction of sp³-hybridized carbons (Fsp3) is 0.630. The van der Waals surface area contributed by atoms with Gasteiger partial charge in [0, 0.05) is 44.8 Å². The molecule has 0 radical (unpaired) electrons. The van der Waals surface area contributed by atoms with Gasteiger partial charge in [-0.2, -0.15) is 0 Å². The van der Waals surface area contributed by atoms with Crippen molar-refractivity contribution in [3.63, 3.8) is 0 Å². The quantitative estimate of drug-likeness (QED) is 0.289. The number of aromatic nitrogens is 3. The summed E-state index contributed by atoms with van der Waals surface area (Å²) in [7, 11) is 1.48. The zero-order valence-electron chi connectivity index (χ0n) is 21.7. The minimum absolute atomic E-state index is 0.0182. The first-order valence-corrected chi connectivity index (χ1v) is 13.4. The number of ether oxygens (including phenoxy) is 1. The molecule has 2 aliphatic rings. The van der Waals surface area contributed by atoms with E-state index in [1.807, 2.05) is 4.90 Å². The summed E-state index contributed by atoms with van der Waals surface area (Å²) in [6.07, 6.45) is 9.87. The monoisotopic (exact) mass is 514 g/mol. The summed E-state index contributed by atoms with van der Waals surface area (Å²) in [4.78, 5) is 27.2. The lowest BCUT2D eigenvalue weighted by Gasteiger charge is -2.25. The summed E-state index contributed by atoms with van der Waals surface area (Å²) in [5.41, 5.74) is 3.43. The highest BCUT2D eigenvalue weighted by molar-refractivity contribution is 5.76. The molecule has 2 aromatic rings. The highest BCUT2D eigenvalue weighted by Gasteiger charge is 2.25. The molecule has 2 atom stereocenters. The summed E-state index contributed by atoms with van der Waals surface area (Å²) in [5.74, 6) is 0.871. The van der Waals surface area contributed by atoms with Crippen LogP contribution in [0.5, 0.6) is 0 Å². The number of unbranched alkanes of at least 4 members (excludes halogenated alkanes) is 1. The molecule has 202 valence electrons. The van der Waals surface area contributed by atoms with Gasteiger partial charge in [-0.05, 0) is 81.0 Å². The zero-order valence-corrected chi connectivity index (χ0v) is 21.7. The van der Waals surface area contributed by atoms with E-state index in [1.54, 1.807) is 12.4 Å². The second-order valence-electron chi connectivity index (χ2n) is 10.1. The first-order chi connectivity index (χ1) is 18.0. The number of carboxylic acid groups (broad SMARTS) is 1. The summed E-state index contributed by atoms with van der Waals surface area (Å²) < 4.78 is 19.4. The van der Waals surface area contributed by atoms with Crippen molar-refractivity contribution in [1.82, 2.24) is 19.9 Å². The summed E-state index contributed by atoms with van der Waals surface area (Å²) in [6, 6.07) is 3.40. The van der Waals surface area contributed by atoms with Crippen LogP contribution in [0.4, 0.5) is 16.2 Å². The molecule has 0 bridgehead atoms.